The Hall–Kier alpha value is -2.62. The minimum atomic E-state index is -4.03. The lowest BCUT2D eigenvalue weighted by Crippen LogP contribution is -2.28. The molecule has 11 heteroatoms. The normalized spacial score (nSPS) is 11.8. The molecule has 2 heterocycles. The number of carbonyl (C=O) groups is 1. The Balaban J connectivity index is 1.55. The molecule has 0 unspecified atom stereocenters. The number of benzene rings is 2. The number of halogens is 3. The van der Waals surface area contributed by atoms with E-state index in [1.54, 1.807) is 11.5 Å². The van der Waals surface area contributed by atoms with Crippen molar-refractivity contribution in [2.75, 3.05) is 0 Å². The van der Waals surface area contributed by atoms with E-state index < -0.39 is 15.9 Å². The molecule has 0 aliphatic rings. The molecular formula is C24H18Cl3N3O3S2. The Morgan fingerprint density at radius 1 is 1.06 bits per heavy atom. The molecule has 180 valence electrons. The van der Waals surface area contributed by atoms with Gasteiger partial charge < -0.3 is 4.57 Å². The van der Waals surface area contributed by atoms with Crippen LogP contribution in [0.5, 0.6) is 0 Å². The molecule has 1 N–H and O–H groups in total. The fourth-order valence-electron chi connectivity index (χ4n) is 3.37. The van der Waals surface area contributed by atoms with Crippen LogP contribution in [-0.2, 0) is 21.4 Å². The number of nitrogens with zero attached hydrogens (tertiary/aromatic N) is 2. The van der Waals surface area contributed by atoms with Gasteiger partial charge in [0.25, 0.3) is 15.9 Å². The molecule has 35 heavy (non-hydrogen) atoms. The molecule has 4 aromatic rings. The number of sulfonamides is 1. The maximum Gasteiger partial charge on any atom is 0.273 e. The number of aromatic nitrogens is 2. The molecule has 0 aliphatic heterocycles. The summed E-state index contributed by atoms with van der Waals surface area (Å²) in [6.45, 7) is 2.13. The molecule has 1 amide bonds. The van der Waals surface area contributed by atoms with Crippen molar-refractivity contribution in [3.63, 3.8) is 0 Å². The van der Waals surface area contributed by atoms with Gasteiger partial charge in [-0.3, -0.25) is 4.79 Å². The van der Waals surface area contributed by atoms with Gasteiger partial charge in [0.15, 0.2) is 5.15 Å². The second-order valence-corrected chi connectivity index (χ2v) is 11.8. The second kappa shape index (κ2) is 10.6. The van der Waals surface area contributed by atoms with Gasteiger partial charge in [0.05, 0.1) is 16.6 Å². The fraction of sp³-hybridized carbons (Fsp3) is 0.0833. The highest BCUT2D eigenvalue weighted by Gasteiger charge is 2.19. The number of amides is 1. The average molecular weight is 567 g/mol. The van der Waals surface area contributed by atoms with Crippen molar-refractivity contribution in [3.8, 4) is 11.1 Å². The van der Waals surface area contributed by atoms with Crippen LogP contribution in [0.15, 0.2) is 70.9 Å². The van der Waals surface area contributed by atoms with Gasteiger partial charge in [-0.15, -0.1) is 11.3 Å². The Kier molecular flexibility index (Phi) is 7.68. The highest BCUT2D eigenvalue weighted by molar-refractivity contribution is 7.92. The smallest absolute Gasteiger partial charge is 0.273 e. The first-order valence-electron chi connectivity index (χ1n) is 10.2. The van der Waals surface area contributed by atoms with E-state index in [-0.39, 0.29) is 9.36 Å². The Morgan fingerprint density at radius 2 is 1.80 bits per heavy atom. The Labute approximate surface area is 221 Å². The van der Waals surface area contributed by atoms with Crippen molar-refractivity contribution in [1.29, 1.82) is 0 Å². The molecule has 0 atom stereocenters. The minimum absolute atomic E-state index is 0.0586. The highest BCUT2D eigenvalue weighted by atomic mass is 35.5. The lowest BCUT2D eigenvalue weighted by atomic mass is 10.0. The standard InChI is InChI=1S/C24H18Cl3N3O3S2/c1-15-28-24(27)20(9-11-22(31)29-35(32,33)23-12-10-21(26)34-23)30(15)14-18-8-7-17(13-19(18)25)16-5-3-2-4-6-16/h2-13H,14H2,1H3,(H,29,31)/b11-9+. The van der Waals surface area contributed by atoms with Crippen LogP contribution in [0, 0.1) is 6.92 Å². The predicted molar refractivity (Wildman–Crippen MR) is 142 cm³/mol. The molecule has 0 spiro atoms. The van der Waals surface area contributed by atoms with Crippen molar-refractivity contribution in [2.45, 2.75) is 17.7 Å². The molecule has 0 saturated heterocycles. The lowest BCUT2D eigenvalue weighted by molar-refractivity contribution is -0.114. The first kappa shape index (κ1) is 25.5. The first-order valence-corrected chi connectivity index (χ1v) is 13.6. The van der Waals surface area contributed by atoms with E-state index in [0.29, 0.717) is 27.4 Å². The third kappa shape index (κ3) is 5.97. The molecule has 0 saturated carbocycles. The average Bonchev–Trinajstić information content (AvgIpc) is 3.37. The van der Waals surface area contributed by atoms with Crippen LogP contribution < -0.4 is 4.72 Å². The summed E-state index contributed by atoms with van der Waals surface area (Å²) in [4.78, 5) is 16.6. The van der Waals surface area contributed by atoms with Gasteiger partial charge in [-0.25, -0.2) is 18.1 Å². The van der Waals surface area contributed by atoms with Gasteiger partial charge in [-0.2, -0.15) is 0 Å². The Morgan fingerprint density at radius 3 is 2.46 bits per heavy atom. The topological polar surface area (TPSA) is 81.1 Å². The van der Waals surface area contributed by atoms with Crippen LogP contribution in [-0.4, -0.2) is 23.9 Å². The highest BCUT2D eigenvalue weighted by Crippen LogP contribution is 2.28. The number of carbonyl (C=O) groups excluding carboxylic acids is 1. The van der Waals surface area contributed by atoms with Gasteiger partial charge in [-0.1, -0.05) is 77.3 Å². The third-order valence-corrected chi connectivity index (χ3v) is 8.78. The molecule has 6 nitrogen and oxygen atoms in total. The molecule has 0 fully saturated rings. The van der Waals surface area contributed by atoms with Crippen LogP contribution in [0.25, 0.3) is 17.2 Å². The molecule has 2 aromatic heterocycles. The summed E-state index contributed by atoms with van der Waals surface area (Å²) >= 11 is 19.5. The van der Waals surface area contributed by atoms with Gasteiger partial charge in [0.2, 0.25) is 0 Å². The van der Waals surface area contributed by atoms with Crippen molar-refractivity contribution >= 4 is 68.1 Å². The number of nitrogens with one attached hydrogen (secondary N) is 1. The molecular weight excluding hydrogens is 549 g/mol. The molecule has 0 bridgehead atoms. The maximum absolute atomic E-state index is 12.3. The van der Waals surface area contributed by atoms with Gasteiger partial charge >= 0.3 is 0 Å². The predicted octanol–water partition coefficient (Wildman–Crippen LogP) is 6.45. The zero-order valence-corrected chi connectivity index (χ0v) is 22.1. The number of aryl methyl sites for hydroxylation is 1. The summed E-state index contributed by atoms with van der Waals surface area (Å²) in [5, 5.41) is 0.750. The van der Waals surface area contributed by atoms with E-state index in [4.69, 9.17) is 34.8 Å². The van der Waals surface area contributed by atoms with Gasteiger partial charge in [0, 0.05) is 11.1 Å². The first-order chi connectivity index (χ1) is 16.6. The van der Waals surface area contributed by atoms with Crippen LogP contribution in [0.2, 0.25) is 14.5 Å². The number of hydrogen-bond acceptors (Lipinski definition) is 5. The molecule has 0 aliphatic carbocycles. The van der Waals surface area contributed by atoms with Crippen LogP contribution in [0.4, 0.5) is 0 Å². The monoisotopic (exact) mass is 565 g/mol. The minimum Gasteiger partial charge on any atom is -0.323 e. The zero-order valence-electron chi connectivity index (χ0n) is 18.2. The van der Waals surface area contributed by atoms with Crippen molar-refractivity contribution in [2.24, 2.45) is 0 Å². The Bertz CT molecular complexity index is 1530. The van der Waals surface area contributed by atoms with E-state index >= 15 is 0 Å². The van der Waals surface area contributed by atoms with Crippen LogP contribution >= 0.6 is 46.1 Å². The van der Waals surface area contributed by atoms with E-state index in [1.807, 2.05) is 53.3 Å². The number of thiophene rings is 1. The summed E-state index contributed by atoms with van der Waals surface area (Å²) in [7, 11) is -4.03. The quantitative estimate of drug-likeness (QED) is 0.261. The lowest BCUT2D eigenvalue weighted by Gasteiger charge is -2.12. The number of rotatable bonds is 7. The number of hydrogen-bond donors (Lipinski definition) is 1. The summed E-state index contributed by atoms with van der Waals surface area (Å²) in [5.41, 5.74) is 3.32. The van der Waals surface area contributed by atoms with E-state index in [2.05, 4.69) is 4.98 Å². The summed E-state index contributed by atoms with van der Waals surface area (Å²) in [5.74, 6) is -0.222. The molecule has 4 rings (SSSR count). The molecule has 2 aromatic carbocycles. The maximum atomic E-state index is 12.3. The van der Waals surface area contributed by atoms with Crippen LogP contribution in [0.3, 0.4) is 0 Å². The number of imidazole rings is 1. The molecule has 0 radical (unpaired) electrons. The third-order valence-electron chi connectivity index (χ3n) is 5.08. The van der Waals surface area contributed by atoms with E-state index in [9.17, 15) is 13.2 Å². The van der Waals surface area contributed by atoms with Crippen molar-refractivity contribution in [1.82, 2.24) is 14.3 Å². The van der Waals surface area contributed by atoms with Crippen molar-refractivity contribution < 1.29 is 13.2 Å². The van der Waals surface area contributed by atoms with Gasteiger partial charge in [0.1, 0.15) is 10.0 Å². The van der Waals surface area contributed by atoms with Crippen molar-refractivity contribution in [3.05, 3.63) is 98.3 Å². The zero-order chi connectivity index (χ0) is 25.2. The van der Waals surface area contributed by atoms with E-state index in [1.165, 1.54) is 18.2 Å². The van der Waals surface area contributed by atoms with Crippen LogP contribution in [0.1, 0.15) is 17.1 Å². The summed E-state index contributed by atoms with van der Waals surface area (Å²) < 4.78 is 28.7. The van der Waals surface area contributed by atoms with Gasteiger partial charge in [-0.05, 0) is 47.9 Å². The summed E-state index contributed by atoms with van der Waals surface area (Å²) in [6, 6.07) is 18.5. The van der Waals surface area contributed by atoms with E-state index in [0.717, 1.165) is 34.1 Å². The summed E-state index contributed by atoms with van der Waals surface area (Å²) in [6.07, 6.45) is 2.51. The SMILES string of the molecule is Cc1nc(Cl)c(/C=C/C(=O)NS(=O)(=O)c2ccc(Cl)s2)n1Cc1ccc(-c2ccccc2)cc1Cl. The fourth-order valence-corrected chi connectivity index (χ4v) is 6.33. The largest absolute Gasteiger partial charge is 0.323 e. The second-order valence-electron chi connectivity index (χ2n) is 7.46.